The average Bonchev–Trinajstić information content (AvgIpc) is 2.46. The Morgan fingerprint density at radius 3 is 2.76 bits per heavy atom. The Kier molecular flexibility index (Phi) is 4.70. The summed E-state index contributed by atoms with van der Waals surface area (Å²) < 4.78 is 0. The first-order chi connectivity index (χ1) is 10.0. The molecule has 0 bridgehead atoms. The van der Waals surface area contributed by atoms with Gasteiger partial charge in [0.05, 0.1) is 4.92 Å². The lowest BCUT2D eigenvalue weighted by molar-refractivity contribution is -0.383. The van der Waals surface area contributed by atoms with E-state index in [0.717, 1.165) is 17.5 Å². The van der Waals surface area contributed by atoms with Gasteiger partial charge in [0.15, 0.2) is 0 Å². The fourth-order valence-electron chi connectivity index (χ4n) is 2.43. The Morgan fingerprint density at radius 1 is 1.38 bits per heavy atom. The predicted octanol–water partition coefficient (Wildman–Crippen LogP) is 2.93. The number of hydrogen-bond acceptors (Lipinski definition) is 5. The lowest BCUT2D eigenvalue weighted by Crippen LogP contribution is -2.30. The topological polar surface area (TPSA) is 94.1 Å². The summed E-state index contributed by atoms with van der Waals surface area (Å²) in [6, 6.07) is 6.96. The fourth-order valence-corrected chi connectivity index (χ4v) is 2.43. The number of nitrogens with zero attached hydrogens (tertiary/aromatic N) is 2. The molecule has 21 heavy (non-hydrogen) atoms. The van der Waals surface area contributed by atoms with E-state index in [1.807, 2.05) is 6.07 Å². The molecule has 0 fully saturated rings. The highest BCUT2D eigenvalue weighted by molar-refractivity contribution is 5.96. The molecule has 0 aliphatic carbocycles. The maximum Gasteiger partial charge on any atom is 0.295 e. The van der Waals surface area contributed by atoms with Crippen molar-refractivity contribution in [2.24, 2.45) is 11.7 Å². The number of aromatic nitrogens is 1. The van der Waals surface area contributed by atoms with Crippen molar-refractivity contribution in [3.63, 3.8) is 0 Å². The normalized spacial score (nSPS) is 12.6. The highest BCUT2D eigenvalue weighted by atomic mass is 16.6. The van der Waals surface area contributed by atoms with Crippen molar-refractivity contribution in [1.29, 1.82) is 0 Å². The second-order valence-electron chi connectivity index (χ2n) is 5.50. The van der Waals surface area contributed by atoms with Crippen LogP contribution in [0.15, 0.2) is 30.5 Å². The van der Waals surface area contributed by atoms with Crippen LogP contribution in [0, 0.1) is 16.0 Å². The number of pyridine rings is 1. The third kappa shape index (κ3) is 3.46. The summed E-state index contributed by atoms with van der Waals surface area (Å²) in [6.45, 7) is 4.79. The fraction of sp³-hybridized carbons (Fsp3) is 0.400. The van der Waals surface area contributed by atoms with Gasteiger partial charge in [0.2, 0.25) is 0 Å². The lowest BCUT2D eigenvalue weighted by Gasteiger charge is -2.21. The highest BCUT2D eigenvalue weighted by Crippen LogP contribution is 2.30. The van der Waals surface area contributed by atoms with Crippen molar-refractivity contribution in [2.45, 2.75) is 26.3 Å². The van der Waals surface area contributed by atoms with Gasteiger partial charge in [-0.2, -0.15) is 0 Å². The lowest BCUT2D eigenvalue weighted by atomic mass is 10.0. The van der Waals surface area contributed by atoms with Gasteiger partial charge < -0.3 is 11.1 Å². The van der Waals surface area contributed by atoms with E-state index in [2.05, 4.69) is 24.1 Å². The minimum absolute atomic E-state index is 0.0179. The molecule has 2 aromatic rings. The molecule has 3 N–H and O–H groups in total. The zero-order valence-corrected chi connectivity index (χ0v) is 12.2. The van der Waals surface area contributed by atoms with Crippen molar-refractivity contribution in [3.05, 3.63) is 40.6 Å². The minimum atomic E-state index is -0.409. The Balaban J connectivity index is 2.41. The average molecular weight is 288 g/mol. The van der Waals surface area contributed by atoms with Crippen LogP contribution in [0.3, 0.4) is 0 Å². The third-order valence-electron chi connectivity index (χ3n) is 3.35. The molecule has 1 unspecified atom stereocenters. The van der Waals surface area contributed by atoms with Gasteiger partial charge in [-0.15, -0.1) is 0 Å². The van der Waals surface area contributed by atoms with Crippen molar-refractivity contribution in [3.8, 4) is 0 Å². The number of anilines is 1. The van der Waals surface area contributed by atoms with E-state index in [1.54, 1.807) is 18.3 Å². The molecule has 0 amide bonds. The molecule has 0 saturated heterocycles. The number of rotatable bonds is 6. The first kappa shape index (κ1) is 15.2. The molecule has 1 aromatic heterocycles. The van der Waals surface area contributed by atoms with Crippen molar-refractivity contribution < 1.29 is 4.92 Å². The third-order valence-corrected chi connectivity index (χ3v) is 3.35. The number of nitrogens with two attached hydrogens (primary N) is 1. The summed E-state index contributed by atoms with van der Waals surface area (Å²) in [5.74, 6) is 0.522. The number of hydrogen-bond donors (Lipinski definition) is 2. The molecule has 112 valence electrons. The second kappa shape index (κ2) is 6.49. The predicted molar refractivity (Wildman–Crippen MR) is 84.3 cm³/mol. The van der Waals surface area contributed by atoms with E-state index < -0.39 is 4.92 Å². The first-order valence-corrected chi connectivity index (χ1v) is 7.01. The Bertz CT molecular complexity index is 643. The summed E-state index contributed by atoms with van der Waals surface area (Å²) in [7, 11) is 0. The molecule has 1 heterocycles. The van der Waals surface area contributed by atoms with Gasteiger partial charge in [0, 0.05) is 35.9 Å². The quantitative estimate of drug-likeness (QED) is 0.629. The molecular weight excluding hydrogens is 268 g/mol. The molecule has 0 saturated carbocycles. The molecule has 2 rings (SSSR count). The summed E-state index contributed by atoms with van der Waals surface area (Å²) in [6.07, 6.45) is 2.50. The van der Waals surface area contributed by atoms with Crippen molar-refractivity contribution in [2.75, 3.05) is 11.9 Å². The summed E-state index contributed by atoms with van der Waals surface area (Å²) >= 11 is 0. The van der Waals surface area contributed by atoms with Crippen LogP contribution < -0.4 is 11.1 Å². The standard InChI is InChI=1S/C15H20N4O2/c1-10(2)8-11(9-16)18-13-5-6-14(19(20)21)15-12(13)4-3-7-17-15/h3-7,10-11,18H,8-9,16H2,1-2H3. The van der Waals surface area contributed by atoms with Gasteiger partial charge in [-0.05, 0) is 30.5 Å². The Hall–Kier alpha value is -2.21. The van der Waals surface area contributed by atoms with Crippen LogP contribution in [0.25, 0.3) is 10.9 Å². The maximum atomic E-state index is 11.1. The van der Waals surface area contributed by atoms with Gasteiger partial charge in [-0.3, -0.25) is 10.1 Å². The first-order valence-electron chi connectivity index (χ1n) is 7.01. The SMILES string of the molecule is CC(C)CC(CN)Nc1ccc([N+](=O)[O-])c2ncccc12. The van der Waals surface area contributed by atoms with Crippen molar-refractivity contribution in [1.82, 2.24) is 4.98 Å². The molecule has 1 aromatic carbocycles. The Morgan fingerprint density at radius 2 is 2.14 bits per heavy atom. The Labute approximate surface area is 123 Å². The van der Waals surface area contributed by atoms with Crippen LogP contribution in [0.4, 0.5) is 11.4 Å². The van der Waals surface area contributed by atoms with Crippen LogP contribution in [-0.4, -0.2) is 22.5 Å². The molecule has 1 atom stereocenters. The molecule has 0 radical (unpaired) electrons. The largest absolute Gasteiger partial charge is 0.380 e. The minimum Gasteiger partial charge on any atom is -0.380 e. The van der Waals surface area contributed by atoms with Crippen LogP contribution in [-0.2, 0) is 0 Å². The maximum absolute atomic E-state index is 11.1. The van der Waals surface area contributed by atoms with Crippen LogP contribution in [0.1, 0.15) is 20.3 Å². The van der Waals surface area contributed by atoms with Gasteiger partial charge in [-0.25, -0.2) is 4.98 Å². The van der Waals surface area contributed by atoms with E-state index in [0.29, 0.717) is 18.0 Å². The molecule has 0 aliphatic heterocycles. The number of fused-ring (bicyclic) bond motifs is 1. The van der Waals surface area contributed by atoms with E-state index >= 15 is 0 Å². The number of nitrogens with one attached hydrogen (secondary N) is 1. The summed E-state index contributed by atoms with van der Waals surface area (Å²) in [5, 5.41) is 15.2. The number of non-ortho nitro benzene ring substituents is 1. The van der Waals surface area contributed by atoms with E-state index in [9.17, 15) is 10.1 Å². The zero-order valence-electron chi connectivity index (χ0n) is 12.2. The smallest absolute Gasteiger partial charge is 0.295 e. The molecular formula is C15H20N4O2. The molecule has 0 aliphatic rings. The van der Waals surface area contributed by atoms with E-state index in [1.165, 1.54) is 6.07 Å². The van der Waals surface area contributed by atoms with E-state index in [-0.39, 0.29) is 11.7 Å². The van der Waals surface area contributed by atoms with Crippen LogP contribution >= 0.6 is 0 Å². The van der Waals surface area contributed by atoms with Gasteiger partial charge in [0.1, 0.15) is 5.52 Å². The van der Waals surface area contributed by atoms with Gasteiger partial charge in [0.25, 0.3) is 5.69 Å². The van der Waals surface area contributed by atoms with Gasteiger partial charge in [-0.1, -0.05) is 13.8 Å². The highest BCUT2D eigenvalue weighted by Gasteiger charge is 2.17. The summed E-state index contributed by atoms with van der Waals surface area (Å²) in [5.41, 5.74) is 7.05. The molecule has 6 nitrogen and oxygen atoms in total. The van der Waals surface area contributed by atoms with Crippen LogP contribution in [0.2, 0.25) is 0 Å². The second-order valence-corrected chi connectivity index (χ2v) is 5.50. The van der Waals surface area contributed by atoms with Crippen LogP contribution in [0.5, 0.6) is 0 Å². The van der Waals surface area contributed by atoms with Gasteiger partial charge >= 0.3 is 0 Å². The number of nitro benzene ring substituents is 1. The van der Waals surface area contributed by atoms with Crippen molar-refractivity contribution >= 4 is 22.3 Å². The number of nitro groups is 1. The number of benzene rings is 1. The summed E-state index contributed by atoms with van der Waals surface area (Å²) in [4.78, 5) is 14.8. The molecule has 0 spiro atoms. The monoisotopic (exact) mass is 288 g/mol. The molecule has 6 heteroatoms. The zero-order chi connectivity index (χ0) is 15.4. The van der Waals surface area contributed by atoms with E-state index in [4.69, 9.17) is 5.73 Å².